The summed E-state index contributed by atoms with van der Waals surface area (Å²) in [6.07, 6.45) is 2.44. The summed E-state index contributed by atoms with van der Waals surface area (Å²) in [5.41, 5.74) is 6.72. The van der Waals surface area contributed by atoms with Gasteiger partial charge < -0.3 is 16.4 Å². The minimum atomic E-state index is -0.488. The van der Waals surface area contributed by atoms with Crippen molar-refractivity contribution in [2.45, 2.75) is 19.8 Å². The Morgan fingerprint density at radius 2 is 2.04 bits per heavy atom. The third kappa shape index (κ3) is 5.34. The van der Waals surface area contributed by atoms with E-state index in [-0.39, 0.29) is 18.9 Å². The molecule has 25 heavy (non-hydrogen) atoms. The molecule has 9 nitrogen and oxygen atoms in total. The zero-order valence-corrected chi connectivity index (χ0v) is 13.8. The van der Waals surface area contributed by atoms with Gasteiger partial charge in [0, 0.05) is 29.8 Å². The third-order valence-corrected chi connectivity index (χ3v) is 3.38. The summed E-state index contributed by atoms with van der Waals surface area (Å²) < 4.78 is 0. The molecule has 0 saturated heterocycles. The standard InChI is InChI=1S/C16H20N6O3/c1-2-10-9-19-22-14(10)21-16(25)20-12-5-3-4-11(8-12)15(24)18-7-6-13(17)23/h3-5,8-9H,2,6-7H2,1H3,(H2,17,23)(H,18,24)(H3,19,20,21,22,25). The highest BCUT2D eigenvalue weighted by molar-refractivity contribution is 6.01. The van der Waals surface area contributed by atoms with E-state index in [0.29, 0.717) is 17.1 Å². The molecule has 1 heterocycles. The molecule has 0 fully saturated rings. The molecule has 0 atom stereocenters. The van der Waals surface area contributed by atoms with Gasteiger partial charge in [-0.25, -0.2) is 4.79 Å². The number of hydrogen-bond acceptors (Lipinski definition) is 4. The Morgan fingerprint density at radius 3 is 2.76 bits per heavy atom. The Labute approximate surface area is 144 Å². The molecule has 0 aliphatic heterocycles. The van der Waals surface area contributed by atoms with Crippen LogP contribution in [0.25, 0.3) is 0 Å². The lowest BCUT2D eigenvalue weighted by molar-refractivity contribution is -0.117. The maximum Gasteiger partial charge on any atom is 0.324 e. The largest absolute Gasteiger partial charge is 0.370 e. The summed E-state index contributed by atoms with van der Waals surface area (Å²) in [6, 6.07) is 5.99. The van der Waals surface area contributed by atoms with Crippen LogP contribution in [0.5, 0.6) is 0 Å². The van der Waals surface area contributed by atoms with Crippen LogP contribution >= 0.6 is 0 Å². The van der Waals surface area contributed by atoms with Gasteiger partial charge in [-0.15, -0.1) is 0 Å². The van der Waals surface area contributed by atoms with Crippen LogP contribution in [-0.4, -0.2) is 34.6 Å². The predicted molar refractivity (Wildman–Crippen MR) is 93.2 cm³/mol. The number of nitrogens with zero attached hydrogens (tertiary/aromatic N) is 1. The van der Waals surface area contributed by atoms with Gasteiger partial charge in [-0.05, 0) is 24.6 Å². The van der Waals surface area contributed by atoms with E-state index in [4.69, 9.17) is 5.73 Å². The van der Waals surface area contributed by atoms with Crippen LogP contribution < -0.4 is 21.7 Å². The minimum absolute atomic E-state index is 0.0655. The van der Waals surface area contributed by atoms with Gasteiger partial charge in [-0.2, -0.15) is 5.10 Å². The maximum atomic E-state index is 12.1. The van der Waals surface area contributed by atoms with Crippen molar-refractivity contribution >= 4 is 29.4 Å². The summed E-state index contributed by atoms with van der Waals surface area (Å²) in [5, 5.41) is 14.5. The van der Waals surface area contributed by atoms with E-state index in [9.17, 15) is 14.4 Å². The zero-order chi connectivity index (χ0) is 18.2. The molecule has 132 valence electrons. The smallest absolute Gasteiger partial charge is 0.324 e. The molecular weight excluding hydrogens is 324 g/mol. The molecule has 1 aromatic carbocycles. The van der Waals surface area contributed by atoms with Gasteiger partial charge in [0.15, 0.2) is 0 Å². The summed E-state index contributed by atoms with van der Waals surface area (Å²) in [6.45, 7) is 2.11. The van der Waals surface area contributed by atoms with E-state index in [1.807, 2.05) is 6.92 Å². The van der Waals surface area contributed by atoms with Crippen molar-refractivity contribution in [2.75, 3.05) is 17.2 Å². The lowest BCUT2D eigenvalue weighted by Crippen LogP contribution is -2.28. The molecule has 6 N–H and O–H groups in total. The normalized spacial score (nSPS) is 10.1. The Bertz CT molecular complexity index is 771. The molecule has 0 bridgehead atoms. The van der Waals surface area contributed by atoms with Crippen molar-refractivity contribution in [3.8, 4) is 0 Å². The SMILES string of the molecule is CCc1cn[nH]c1NC(=O)Nc1cccc(C(=O)NCCC(N)=O)c1. The molecular formula is C16H20N6O3. The Morgan fingerprint density at radius 1 is 1.24 bits per heavy atom. The minimum Gasteiger partial charge on any atom is -0.370 e. The topological polar surface area (TPSA) is 142 Å². The number of H-pyrrole nitrogens is 1. The van der Waals surface area contributed by atoms with Crippen LogP contribution in [-0.2, 0) is 11.2 Å². The number of aromatic amines is 1. The summed E-state index contributed by atoms with van der Waals surface area (Å²) >= 11 is 0. The fraction of sp³-hybridized carbons (Fsp3) is 0.250. The van der Waals surface area contributed by atoms with E-state index in [2.05, 4.69) is 26.1 Å². The van der Waals surface area contributed by atoms with Gasteiger partial charge >= 0.3 is 6.03 Å². The van der Waals surface area contributed by atoms with Crippen molar-refractivity contribution in [3.63, 3.8) is 0 Å². The second kappa shape index (κ2) is 8.48. The average Bonchev–Trinajstić information content (AvgIpc) is 3.01. The molecule has 0 aliphatic rings. The predicted octanol–water partition coefficient (Wildman–Crippen LogP) is 1.22. The van der Waals surface area contributed by atoms with E-state index in [1.165, 1.54) is 6.07 Å². The van der Waals surface area contributed by atoms with Crippen LogP contribution in [0.4, 0.5) is 16.3 Å². The second-order valence-corrected chi connectivity index (χ2v) is 5.26. The number of benzene rings is 1. The number of nitrogens with two attached hydrogens (primary N) is 1. The summed E-state index contributed by atoms with van der Waals surface area (Å²) in [7, 11) is 0. The van der Waals surface area contributed by atoms with Crippen LogP contribution in [0.15, 0.2) is 30.5 Å². The molecule has 0 aliphatic carbocycles. The number of carbonyl (C=O) groups is 3. The third-order valence-electron chi connectivity index (χ3n) is 3.38. The number of aryl methyl sites for hydroxylation is 1. The molecule has 2 rings (SSSR count). The first-order valence-electron chi connectivity index (χ1n) is 7.76. The molecule has 0 radical (unpaired) electrons. The van der Waals surface area contributed by atoms with Crippen molar-refractivity contribution < 1.29 is 14.4 Å². The average molecular weight is 344 g/mol. The fourth-order valence-electron chi connectivity index (χ4n) is 2.10. The summed E-state index contributed by atoms with van der Waals surface area (Å²) in [5.74, 6) is -0.315. The van der Waals surface area contributed by atoms with Gasteiger partial charge in [-0.3, -0.25) is 20.0 Å². The van der Waals surface area contributed by atoms with Gasteiger partial charge in [0.05, 0.1) is 6.20 Å². The number of urea groups is 1. The summed E-state index contributed by atoms with van der Waals surface area (Å²) in [4.78, 5) is 34.7. The van der Waals surface area contributed by atoms with Gasteiger partial charge in [0.1, 0.15) is 5.82 Å². The molecule has 0 saturated carbocycles. The van der Waals surface area contributed by atoms with Gasteiger partial charge in [0.2, 0.25) is 5.91 Å². The number of primary amides is 1. The number of rotatable bonds is 7. The number of nitrogens with one attached hydrogen (secondary N) is 4. The lowest BCUT2D eigenvalue weighted by Gasteiger charge is -2.09. The van der Waals surface area contributed by atoms with E-state index < -0.39 is 11.9 Å². The Hall–Kier alpha value is -3.36. The molecule has 1 aromatic heterocycles. The first kappa shape index (κ1) is 18.0. The first-order chi connectivity index (χ1) is 12.0. The molecule has 0 unspecified atom stereocenters. The maximum absolute atomic E-state index is 12.1. The first-order valence-corrected chi connectivity index (χ1v) is 7.76. The van der Waals surface area contributed by atoms with Crippen LogP contribution in [0.1, 0.15) is 29.3 Å². The molecule has 0 spiro atoms. The highest BCUT2D eigenvalue weighted by atomic mass is 16.2. The van der Waals surface area contributed by atoms with Crippen molar-refractivity contribution in [3.05, 3.63) is 41.6 Å². The quantitative estimate of drug-likeness (QED) is 0.514. The number of carbonyl (C=O) groups excluding carboxylic acids is 3. The van der Waals surface area contributed by atoms with Crippen LogP contribution in [0.3, 0.4) is 0 Å². The van der Waals surface area contributed by atoms with Gasteiger partial charge in [0.25, 0.3) is 5.91 Å². The number of hydrogen-bond donors (Lipinski definition) is 5. The van der Waals surface area contributed by atoms with E-state index in [1.54, 1.807) is 24.4 Å². The van der Waals surface area contributed by atoms with Crippen molar-refractivity contribution in [2.24, 2.45) is 5.73 Å². The van der Waals surface area contributed by atoms with E-state index in [0.717, 1.165) is 12.0 Å². The molecule has 2 aromatic rings. The Kier molecular flexibility index (Phi) is 6.10. The number of aromatic nitrogens is 2. The second-order valence-electron chi connectivity index (χ2n) is 5.26. The van der Waals surface area contributed by atoms with E-state index >= 15 is 0 Å². The van der Waals surface area contributed by atoms with Crippen molar-refractivity contribution in [1.29, 1.82) is 0 Å². The number of anilines is 2. The monoisotopic (exact) mass is 344 g/mol. The molecule has 4 amide bonds. The van der Waals surface area contributed by atoms with Crippen molar-refractivity contribution in [1.82, 2.24) is 15.5 Å². The van der Waals surface area contributed by atoms with Crippen LogP contribution in [0.2, 0.25) is 0 Å². The number of amides is 4. The lowest BCUT2D eigenvalue weighted by atomic mass is 10.2. The highest BCUT2D eigenvalue weighted by Crippen LogP contribution is 2.14. The van der Waals surface area contributed by atoms with Gasteiger partial charge in [-0.1, -0.05) is 13.0 Å². The van der Waals surface area contributed by atoms with Crippen LogP contribution in [0, 0.1) is 0 Å². The Balaban J connectivity index is 1.95. The highest BCUT2D eigenvalue weighted by Gasteiger charge is 2.10. The zero-order valence-electron chi connectivity index (χ0n) is 13.8. The molecule has 9 heteroatoms. The fourth-order valence-corrected chi connectivity index (χ4v) is 2.10.